The van der Waals surface area contributed by atoms with Crippen LogP contribution in [-0.2, 0) is 6.54 Å². The summed E-state index contributed by atoms with van der Waals surface area (Å²) in [5, 5.41) is 1.22. The molecule has 3 heterocycles. The van der Waals surface area contributed by atoms with Crippen molar-refractivity contribution in [3.8, 4) is 0 Å². The Balaban J connectivity index is 1.43. The topological polar surface area (TPSA) is 32.3 Å². The lowest BCUT2D eigenvalue weighted by Gasteiger charge is -2.22. The summed E-state index contributed by atoms with van der Waals surface area (Å²) in [7, 11) is 0. The quantitative estimate of drug-likeness (QED) is 0.741. The third-order valence-electron chi connectivity index (χ3n) is 4.64. The highest BCUT2D eigenvalue weighted by molar-refractivity contribution is 5.78. The fraction of sp³-hybridized carbons (Fsp3) is 0.300. The van der Waals surface area contributed by atoms with Gasteiger partial charge in [-0.1, -0.05) is 18.2 Å². The molecule has 0 unspecified atom stereocenters. The Morgan fingerprint density at radius 1 is 0.833 bits per heavy atom. The predicted octanol–water partition coefficient (Wildman–Crippen LogP) is 3.34. The van der Waals surface area contributed by atoms with Crippen molar-refractivity contribution in [3.63, 3.8) is 0 Å². The van der Waals surface area contributed by atoms with Crippen LogP contribution in [0.15, 0.2) is 60.9 Å². The lowest BCUT2D eigenvalue weighted by Crippen LogP contribution is -2.30. The number of hydrogen-bond donors (Lipinski definition) is 0. The van der Waals surface area contributed by atoms with E-state index in [4.69, 9.17) is 0 Å². The van der Waals surface area contributed by atoms with Gasteiger partial charge in [-0.3, -0.25) is 9.88 Å². The number of pyridine rings is 2. The standard InChI is InChI=1S/C20H22N4/c1-2-9-22-20(6-1)24-12-4-11-23(13-14-24)16-17-7-8-19-18(15-17)5-3-10-21-19/h1-3,5-10,15H,4,11-14,16H2. The van der Waals surface area contributed by atoms with Crippen LogP contribution in [0.2, 0.25) is 0 Å². The summed E-state index contributed by atoms with van der Waals surface area (Å²) in [5.41, 5.74) is 2.43. The molecule has 24 heavy (non-hydrogen) atoms. The van der Waals surface area contributed by atoms with Crippen LogP contribution in [0.1, 0.15) is 12.0 Å². The fourth-order valence-corrected chi connectivity index (χ4v) is 3.38. The van der Waals surface area contributed by atoms with E-state index in [1.165, 1.54) is 17.4 Å². The first-order valence-corrected chi connectivity index (χ1v) is 8.60. The smallest absolute Gasteiger partial charge is 0.128 e. The van der Waals surface area contributed by atoms with Crippen LogP contribution in [0.4, 0.5) is 5.82 Å². The van der Waals surface area contributed by atoms with Crippen molar-refractivity contribution in [3.05, 3.63) is 66.5 Å². The lowest BCUT2D eigenvalue weighted by molar-refractivity contribution is 0.285. The fourth-order valence-electron chi connectivity index (χ4n) is 3.38. The van der Waals surface area contributed by atoms with E-state index in [0.717, 1.165) is 44.1 Å². The Kier molecular flexibility index (Phi) is 4.38. The summed E-state index contributed by atoms with van der Waals surface area (Å²) < 4.78 is 0. The Morgan fingerprint density at radius 2 is 1.79 bits per heavy atom. The molecular weight excluding hydrogens is 296 g/mol. The first kappa shape index (κ1) is 15.1. The maximum Gasteiger partial charge on any atom is 0.128 e. The average molecular weight is 318 g/mol. The van der Waals surface area contributed by atoms with Gasteiger partial charge in [-0.25, -0.2) is 4.98 Å². The van der Waals surface area contributed by atoms with Crippen molar-refractivity contribution in [1.82, 2.24) is 14.9 Å². The normalized spacial score (nSPS) is 16.2. The van der Waals surface area contributed by atoms with Crippen molar-refractivity contribution >= 4 is 16.7 Å². The van der Waals surface area contributed by atoms with E-state index in [2.05, 4.69) is 56.2 Å². The second-order valence-electron chi connectivity index (χ2n) is 6.34. The van der Waals surface area contributed by atoms with Crippen LogP contribution < -0.4 is 4.90 Å². The minimum atomic E-state index is 1.00. The third-order valence-corrected chi connectivity index (χ3v) is 4.64. The highest BCUT2D eigenvalue weighted by Crippen LogP contribution is 2.17. The molecule has 1 aliphatic heterocycles. The summed E-state index contributed by atoms with van der Waals surface area (Å²) in [4.78, 5) is 13.8. The molecule has 1 saturated heterocycles. The van der Waals surface area contributed by atoms with Gasteiger partial charge in [0.2, 0.25) is 0 Å². The van der Waals surface area contributed by atoms with Gasteiger partial charge in [0.25, 0.3) is 0 Å². The molecule has 2 aromatic heterocycles. The third kappa shape index (κ3) is 3.39. The molecule has 1 fully saturated rings. The molecule has 1 aliphatic rings. The summed E-state index contributed by atoms with van der Waals surface area (Å²) in [5.74, 6) is 1.09. The number of rotatable bonds is 3. The van der Waals surface area contributed by atoms with Crippen molar-refractivity contribution in [2.75, 3.05) is 31.1 Å². The van der Waals surface area contributed by atoms with Crippen LogP contribution in [0.25, 0.3) is 10.9 Å². The van der Waals surface area contributed by atoms with Gasteiger partial charge in [0.05, 0.1) is 5.52 Å². The van der Waals surface area contributed by atoms with Gasteiger partial charge in [-0.05, 0) is 42.3 Å². The van der Waals surface area contributed by atoms with Gasteiger partial charge in [0.15, 0.2) is 0 Å². The maximum atomic E-state index is 4.49. The van der Waals surface area contributed by atoms with Crippen LogP contribution >= 0.6 is 0 Å². The van der Waals surface area contributed by atoms with Gasteiger partial charge >= 0.3 is 0 Å². The molecule has 0 amide bonds. The molecule has 0 spiro atoms. The first-order chi connectivity index (χ1) is 11.9. The second kappa shape index (κ2) is 6.97. The van der Waals surface area contributed by atoms with Crippen LogP contribution in [0.3, 0.4) is 0 Å². The molecule has 4 heteroatoms. The minimum absolute atomic E-state index is 1.00. The van der Waals surface area contributed by atoms with Crippen LogP contribution in [0, 0.1) is 0 Å². The van der Waals surface area contributed by atoms with Gasteiger partial charge in [-0.2, -0.15) is 0 Å². The van der Waals surface area contributed by atoms with Gasteiger partial charge in [-0.15, -0.1) is 0 Å². The summed E-state index contributed by atoms with van der Waals surface area (Å²) in [6.45, 7) is 5.32. The number of aromatic nitrogens is 2. The van der Waals surface area contributed by atoms with E-state index in [0.29, 0.717) is 0 Å². The Bertz CT molecular complexity index is 803. The van der Waals surface area contributed by atoms with Crippen molar-refractivity contribution in [2.24, 2.45) is 0 Å². The Morgan fingerprint density at radius 3 is 2.71 bits per heavy atom. The SMILES string of the molecule is c1ccc(N2CCCN(Cc3ccc4ncccc4c3)CC2)nc1. The number of nitrogens with zero attached hydrogens (tertiary/aromatic N) is 4. The van der Waals surface area contributed by atoms with Crippen LogP contribution in [0.5, 0.6) is 0 Å². The lowest BCUT2D eigenvalue weighted by atomic mass is 10.1. The van der Waals surface area contributed by atoms with Gasteiger partial charge < -0.3 is 4.90 Å². The number of fused-ring (bicyclic) bond motifs is 1. The van der Waals surface area contributed by atoms with Gasteiger partial charge in [0, 0.05) is 50.5 Å². The highest BCUT2D eigenvalue weighted by Gasteiger charge is 2.16. The van der Waals surface area contributed by atoms with Crippen molar-refractivity contribution < 1.29 is 0 Å². The van der Waals surface area contributed by atoms with Crippen molar-refractivity contribution in [2.45, 2.75) is 13.0 Å². The first-order valence-electron chi connectivity index (χ1n) is 8.60. The summed E-state index contributed by atoms with van der Waals surface area (Å²) in [6, 6.07) is 16.9. The summed E-state index contributed by atoms with van der Waals surface area (Å²) >= 11 is 0. The number of hydrogen-bond acceptors (Lipinski definition) is 4. The maximum absolute atomic E-state index is 4.49. The number of anilines is 1. The van der Waals surface area contributed by atoms with E-state index in [1.807, 2.05) is 24.5 Å². The molecule has 3 aromatic rings. The number of benzene rings is 1. The Labute approximate surface area is 142 Å². The van der Waals surface area contributed by atoms with Crippen LogP contribution in [-0.4, -0.2) is 41.0 Å². The highest BCUT2D eigenvalue weighted by atomic mass is 15.2. The molecule has 4 nitrogen and oxygen atoms in total. The molecule has 0 aliphatic carbocycles. The zero-order chi connectivity index (χ0) is 16.2. The van der Waals surface area contributed by atoms with E-state index in [-0.39, 0.29) is 0 Å². The molecule has 4 rings (SSSR count). The molecule has 1 aromatic carbocycles. The molecule has 0 N–H and O–H groups in total. The summed E-state index contributed by atoms with van der Waals surface area (Å²) in [6.07, 6.45) is 4.90. The molecule has 0 atom stereocenters. The largest absolute Gasteiger partial charge is 0.355 e. The van der Waals surface area contributed by atoms with E-state index < -0.39 is 0 Å². The molecule has 0 bridgehead atoms. The second-order valence-corrected chi connectivity index (χ2v) is 6.34. The predicted molar refractivity (Wildman–Crippen MR) is 98.1 cm³/mol. The van der Waals surface area contributed by atoms with E-state index in [1.54, 1.807) is 0 Å². The Hall–Kier alpha value is -2.46. The zero-order valence-corrected chi connectivity index (χ0v) is 13.8. The minimum Gasteiger partial charge on any atom is -0.355 e. The molecular formula is C20H22N4. The van der Waals surface area contributed by atoms with E-state index in [9.17, 15) is 0 Å². The zero-order valence-electron chi connectivity index (χ0n) is 13.8. The molecule has 0 radical (unpaired) electrons. The van der Waals surface area contributed by atoms with Gasteiger partial charge in [0.1, 0.15) is 5.82 Å². The molecule has 122 valence electrons. The molecule has 0 saturated carbocycles. The average Bonchev–Trinajstić information content (AvgIpc) is 2.88. The van der Waals surface area contributed by atoms with E-state index >= 15 is 0 Å². The monoisotopic (exact) mass is 318 g/mol. The van der Waals surface area contributed by atoms with Crippen molar-refractivity contribution in [1.29, 1.82) is 0 Å².